The number of H-pyrrole nitrogens is 1. The van der Waals surface area contributed by atoms with Gasteiger partial charge in [-0.05, 0) is 69.1 Å². The monoisotopic (exact) mass is 355 g/mol. The molecule has 0 aromatic carbocycles. The quantitative estimate of drug-likeness (QED) is 0.856. The van der Waals surface area contributed by atoms with Crippen LogP contribution >= 0.6 is 0 Å². The molecule has 5 heteroatoms. The van der Waals surface area contributed by atoms with Crippen molar-refractivity contribution >= 4 is 17.1 Å². The summed E-state index contributed by atoms with van der Waals surface area (Å²) in [6, 6.07) is 4.77. The van der Waals surface area contributed by atoms with Gasteiger partial charge in [-0.3, -0.25) is 4.90 Å². The summed E-state index contributed by atoms with van der Waals surface area (Å²) in [5, 5.41) is 1.18. The lowest BCUT2D eigenvalue weighted by atomic mass is 9.80. The molecule has 1 atom stereocenters. The fourth-order valence-corrected chi connectivity index (χ4v) is 5.15. The van der Waals surface area contributed by atoms with Crippen molar-refractivity contribution < 1.29 is 9.53 Å². The molecule has 1 amide bonds. The van der Waals surface area contributed by atoms with Gasteiger partial charge in [0.15, 0.2) is 0 Å². The predicted octanol–water partition coefficient (Wildman–Crippen LogP) is 4.84. The van der Waals surface area contributed by atoms with Crippen LogP contribution in [0.25, 0.3) is 11.0 Å². The number of carbonyl (C=O) groups excluding carboxylic acids is 1. The Bertz CT molecular complexity index is 802. The first-order valence-corrected chi connectivity index (χ1v) is 9.81. The molecule has 1 unspecified atom stereocenters. The minimum atomic E-state index is -0.411. The van der Waals surface area contributed by atoms with Crippen molar-refractivity contribution in [3.05, 3.63) is 30.1 Å². The molecule has 2 fully saturated rings. The summed E-state index contributed by atoms with van der Waals surface area (Å²) in [4.78, 5) is 22.3. The number of rotatable bonds is 3. The largest absolute Gasteiger partial charge is 0.441 e. The molecule has 2 aromatic rings. The number of nitrogens with zero attached hydrogens (tertiary/aromatic N) is 2. The first-order valence-electron chi connectivity index (χ1n) is 9.81. The number of carbonyl (C=O) groups is 1. The molecule has 1 saturated carbocycles. The first-order chi connectivity index (χ1) is 12.4. The molecule has 1 saturated heterocycles. The van der Waals surface area contributed by atoms with Crippen LogP contribution in [-0.2, 0) is 4.74 Å². The number of aromatic nitrogens is 2. The molecule has 0 spiro atoms. The van der Waals surface area contributed by atoms with Gasteiger partial charge < -0.3 is 9.72 Å². The van der Waals surface area contributed by atoms with Crippen molar-refractivity contribution in [2.24, 2.45) is 5.92 Å². The van der Waals surface area contributed by atoms with E-state index in [1.807, 2.05) is 26.2 Å². The van der Waals surface area contributed by atoms with Crippen molar-refractivity contribution in [3.63, 3.8) is 0 Å². The lowest BCUT2D eigenvalue weighted by Gasteiger charge is -2.39. The Kier molecular flexibility index (Phi) is 4.20. The standard InChI is InChI=1S/C21H29N3O2/c1-13(2)18-21(3,4)26-20(25)24(18)17-7-5-14(6-8-17)16-11-15-9-10-22-19(15)23-12-16/h9-14,17-18H,5-8H2,1-4H3,(H,22,23). The van der Waals surface area contributed by atoms with Crippen LogP contribution in [0.1, 0.15) is 64.9 Å². The summed E-state index contributed by atoms with van der Waals surface area (Å²) in [5.41, 5.74) is 1.86. The highest BCUT2D eigenvalue weighted by Crippen LogP contribution is 2.41. The van der Waals surface area contributed by atoms with Crippen molar-refractivity contribution in [2.75, 3.05) is 0 Å². The Labute approximate surface area is 155 Å². The SMILES string of the molecule is CC(C)C1N(C2CCC(c3cnc4[nH]ccc4c3)CC2)C(=O)OC1(C)C. The molecule has 1 N–H and O–H groups in total. The highest BCUT2D eigenvalue weighted by atomic mass is 16.6. The smallest absolute Gasteiger partial charge is 0.411 e. The van der Waals surface area contributed by atoms with Crippen molar-refractivity contribution in [1.29, 1.82) is 0 Å². The molecule has 3 heterocycles. The van der Waals surface area contributed by atoms with Crippen LogP contribution in [0.3, 0.4) is 0 Å². The van der Waals surface area contributed by atoms with Crippen molar-refractivity contribution in [1.82, 2.24) is 14.9 Å². The molecular weight excluding hydrogens is 326 g/mol. The number of hydrogen-bond donors (Lipinski definition) is 1. The van der Waals surface area contributed by atoms with Gasteiger partial charge in [-0.15, -0.1) is 0 Å². The van der Waals surface area contributed by atoms with Crippen LogP contribution in [0.5, 0.6) is 0 Å². The van der Waals surface area contributed by atoms with E-state index in [1.165, 1.54) is 10.9 Å². The van der Waals surface area contributed by atoms with Gasteiger partial charge in [0.25, 0.3) is 0 Å². The Morgan fingerprint density at radius 3 is 2.69 bits per heavy atom. The zero-order valence-electron chi connectivity index (χ0n) is 16.2. The lowest BCUT2D eigenvalue weighted by molar-refractivity contribution is 0.0509. The third-order valence-electron chi connectivity index (χ3n) is 6.19. The molecule has 0 bridgehead atoms. The van der Waals surface area contributed by atoms with Gasteiger partial charge in [0.1, 0.15) is 11.2 Å². The van der Waals surface area contributed by atoms with Crippen molar-refractivity contribution in [2.45, 2.75) is 77.0 Å². The number of cyclic esters (lactones) is 1. The van der Waals surface area contributed by atoms with Gasteiger partial charge >= 0.3 is 6.09 Å². The fourth-order valence-electron chi connectivity index (χ4n) is 5.15. The zero-order valence-corrected chi connectivity index (χ0v) is 16.2. The van der Waals surface area contributed by atoms with E-state index in [0.29, 0.717) is 11.8 Å². The van der Waals surface area contributed by atoms with Gasteiger partial charge in [0.2, 0.25) is 0 Å². The number of amides is 1. The molecule has 5 nitrogen and oxygen atoms in total. The zero-order chi connectivity index (χ0) is 18.5. The Morgan fingerprint density at radius 2 is 2.00 bits per heavy atom. The summed E-state index contributed by atoms with van der Waals surface area (Å²) in [7, 11) is 0. The van der Waals surface area contributed by atoms with E-state index in [9.17, 15) is 4.79 Å². The summed E-state index contributed by atoms with van der Waals surface area (Å²) in [6.45, 7) is 8.45. The Hall–Kier alpha value is -2.04. The minimum Gasteiger partial charge on any atom is -0.441 e. The molecule has 1 aliphatic heterocycles. The van der Waals surface area contributed by atoms with Gasteiger partial charge in [-0.1, -0.05) is 13.8 Å². The number of hydrogen-bond acceptors (Lipinski definition) is 3. The molecule has 140 valence electrons. The number of fused-ring (bicyclic) bond motifs is 1. The van der Waals surface area contributed by atoms with Gasteiger partial charge in [0, 0.05) is 23.8 Å². The molecule has 2 aliphatic rings. The van der Waals surface area contributed by atoms with E-state index < -0.39 is 5.60 Å². The Morgan fingerprint density at radius 1 is 1.27 bits per heavy atom. The summed E-state index contributed by atoms with van der Waals surface area (Å²) >= 11 is 0. The maximum Gasteiger partial charge on any atom is 0.411 e. The van der Waals surface area contributed by atoms with E-state index in [4.69, 9.17) is 4.74 Å². The van der Waals surface area contributed by atoms with Crippen LogP contribution in [-0.4, -0.2) is 38.6 Å². The second-order valence-corrected chi connectivity index (χ2v) is 8.76. The molecular formula is C21H29N3O2. The average Bonchev–Trinajstić information content (AvgIpc) is 3.15. The summed E-state index contributed by atoms with van der Waals surface area (Å²) < 4.78 is 5.71. The molecule has 26 heavy (non-hydrogen) atoms. The van der Waals surface area contributed by atoms with Gasteiger partial charge in [0.05, 0.1) is 6.04 Å². The number of ether oxygens (including phenoxy) is 1. The van der Waals surface area contributed by atoms with Crippen LogP contribution in [0.4, 0.5) is 4.79 Å². The fraction of sp³-hybridized carbons (Fsp3) is 0.619. The normalized spacial score (nSPS) is 28.7. The topological polar surface area (TPSA) is 58.2 Å². The van der Waals surface area contributed by atoms with Crippen LogP contribution in [0, 0.1) is 5.92 Å². The van der Waals surface area contributed by atoms with E-state index in [1.54, 1.807) is 0 Å². The van der Waals surface area contributed by atoms with E-state index >= 15 is 0 Å². The number of nitrogens with one attached hydrogen (secondary N) is 1. The maximum absolute atomic E-state index is 12.6. The molecule has 1 aliphatic carbocycles. The maximum atomic E-state index is 12.6. The minimum absolute atomic E-state index is 0.132. The highest BCUT2D eigenvalue weighted by Gasteiger charge is 2.51. The summed E-state index contributed by atoms with van der Waals surface area (Å²) in [5.74, 6) is 0.913. The number of aromatic amines is 1. The second kappa shape index (κ2) is 6.29. The molecule has 0 radical (unpaired) electrons. The van der Waals surface area contributed by atoms with Crippen molar-refractivity contribution in [3.8, 4) is 0 Å². The van der Waals surface area contributed by atoms with Gasteiger partial charge in [-0.2, -0.15) is 0 Å². The molecule has 4 rings (SSSR count). The third-order valence-corrected chi connectivity index (χ3v) is 6.19. The van der Waals surface area contributed by atoms with Gasteiger partial charge in [-0.25, -0.2) is 9.78 Å². The lowest BCUT2D eigenvalue weighted by Crippen LogP contribution is -2.50. The summed E-state index contributed by atoms with van der Waals surface area (Å²) in [6.07, 6.45) is 8.06. The number of pyridine rings is 1. The van der Waals surface area contributed by atoms with Crippen LogP contribution in [0.15, 0.2) is 24.5 Å². The average molecular weight is 355 g/mol. The van der Waals surface area contributed by atoms with Crippen LogP contribution < -0.4 is 0 Å². The Balaban J connectivity index is 1.48. The first kappa shape index (κ1) is 17.4. The second-order valence-electron chi connectivity index (χ2n) is 8.76. The van der Waals surface area contributed by atoms with E-state index in [2.05, 4.69) is 40.8 Å². The van der Waals surface area contributed by atoms with Crippen LogP contribution in [0.2, 0.25) is 0 Å². The highest BCUT2D eigenvalue weighted by molar-refractivity contribution is 5.75. The third kappa shape index (κ3) is 2.87. The van der Waals surface area contributed by atoms with E-state index in [-0.39, 0.29) is 18.2 Å². The van der Waals surface area contributed by atoms with E-state index in [0.717, 1.165) is 31.3 Å². The predicted molar refractivity (Wildman–Crippen MR) is 102 cm³/mol. The molecule has 2 aromatic heterocycles.